The molecule has 0 amide bonds. The summed E-state index contributed by atoms with van der Waals surface area (Å²) in [4.78, 5) is 8.68. The van der Waals surface area contributed by atoms with Crippen LogP contribution in [-0.2, 0) is 4.84 Å². The van der Waals surface area contributed by atoms with Gasteiger partial charge in [0.2, 0.25) is 0 Å². The van der Waals surface area contributed by atoms with E-state index in [1.807, 2.05) is 19.1 Å². The van der Waals surface area contributed by atoms with Crippen molar-refractivity contribution in [3.63, 3.8) is 0 Å². The molecule has 0 aliphatic carbocycles. The predicted molar refractivity (Wildman–Crippen MR) is 85.5 cm³/mol. The number of hydrogen-bond acceptors (Lipinski definition) is 2. The fourth-order valence-corrected chi connectivity index (χ4v) is 2.18. The lowest BCUT2D eigenvalue weighted by Gasteiger charge is -2.06. The molecule has 106 valence electrons. The first-order valence-corrected chi connectivity index (χ1v) is 6.96. The Labute approximate surface area is 120 Å². The van der Waals surface area contributed by atoms with Gasteiger partial charge in [-0.3, -0.25) is 10.3 Å². The largest absolute Gasteiger partial charge is 0.358 e. The Bertz CT molecular complexity index is 611. The Balaban J connectivity index is 2.32. The Morgan fingerprint density at radius 3 is 2.85 bits per heavy atom. The maximum atomic E-state index is 5.23. The van der Waals surface area contributed by atoms with Gasteiger partial charge in [0.25, 0.3) is 0 Å². The van der Waals surface area contributed by atoms with Crippen LogP contribution >= 0.6 is 0 Å². The number of benzene rings is 1. The highest BCUT2D eigenvalue weighted by Crippen LogP contribution is 2.27. The van der Waals surface area contributed by atoms with Crippen LogP contribution in [0.25, 0.3) is 16.8 Å². The normalized spacial score (nSPS) is 11.7. The third-order valence-corrected chi connectivity index (χ3v) is 3.38. The van der Waals surface area contributed by atoms with Crippen LogP contribution in [0.4, 0.5) is 5.69 Å². The third-order valence-electron chi connectivity index (χ3n) is 3.38. The van der Waals surface area contributed by atoms with E-state index in [4.69, 9.17) is 4.84 Å². The second kappa shape index (κ2) is 6.44. The molecule has 0 atom stereocenters. The summed E-state index contributed by atoms with van der Waals surface area (Å²) >= 11 is 0. The number of allylic oxidation sites excluding steroid dienone is 2. The van der Waals surface area contributed by atoms with Crippen LogP contribution in [0.15, 0.2) is 36.4 Å². The summed E-state index contributed by atoms with van der Waals surface area (Å²) in [6.07, 6.45) is 2.13. The van der Waals surface area contributed by atoms with E-state index in [2.05, 4.69) is 55.5 Å². The number of aromatic nitrogens is 1. The molecule has 20 heavy (non-hydrogen) atoms. The van der Waals surface area contributed by atoms with Gasteiger partial charge >= 0.3 is 0 Å². The molecule has 1 heterocycles. The van der Waals surface area contributed by atoms with E-state index < -0.39 is 0 Å². The van der Waals surface area contributed by atoms with Gasteiger partial charge < -0.3 is 4.98 Å². The fraction of sp³-hybridized carbons (Fsp3) is 0.294. The zero-order valence-corrected chi connectivity index (χ0v) is 12.6. The van der Waals surface area contributed by atoms with Crippen LogP contribution in [0.2, 0.25) is 0 Å². The molecule has 0 radical (unpaired) electrons. The molecule has 0 bridgehead atoms. The van der Waals surface area contributed by atoms with Gasteiger partial charge in [0.15, 0.2) is 0 Å². The van der Waals surface area contributed by atoms with Crippen molar-refractivity contribution in [1.29, 1.82) is 0 Å². The SMILES string of the molecule is C/C=C(/C)c1cc(-c2cccc(NOCC)c2)[nH]c1C. The van der Waals surface area contributed by atoms with Crippen LogP contribution in [0.5, 0.6) is 0 Å². The number of rotatable bonds is 5. The molecule has 0 spiro atoms. The first-order valence-electron chi connectivity index (χ1n) is 6.96. The van der Waals surface area contributed by atoms with Crippen molar-refractivity contribution in [2.45, 2.75) is 27.7 Å². The summed E-state index contributed by atoms with van der Waals surface area (Å²) in [5.41, 5.74) is 9.91. The monoisotopic (exact) mass is 270 g/mol. The molecular weight excluding hydrogens is 248 g/mol. The maximum absolute atomic E-state index is 5.23. The van der Waals surface area contributed by atoms with Crippen molar-refractivity contribution in [3.05, 3.63) is 47.7 Å². The molecule has 0 unspecified atom stereocenters. The summed E-state index contributed by atoms with van der Waals surface area (Å²) in [5.74, 6) is 0. The smallest absolute Gasteiger partial charge is 0.0717 e. The number of hydrogen-bond donors (Lipinski definition) is 2. The summed E-state index contributed by atoms with van der Waals surface area (Å²) in [5, 5.41) is 0. The summed E-state index contributed by atoms with van der Waals surface area (Å²) in [6.45, 7) is 8.89. The van der Waals surface area contributed by atoms with Gasteiger partial charge in [-0.15, -0.1) is 0 Å². The molecule has 3 nitrogen and oxygen atoms in total. The zero-order chi connectivity index (χ0) is 14.5. The van der Waals surface area contributed by atoms with E-state index in [9.17, 15) is 0 Å². The average molecular weight is 270 g/mol. The molecule has 0 aliphatic heterocycles. The van der Waals surface area contributed by atoms with E-state index in [1.54, 1.807) is 0 Å². The van der Waals surface area contributed by atoms with Crippen LogP contribution in [-0.4, -0.2) is 11.6 Å². The number of anilines is 1. The Kier molecular flexibility index (Phi) is 4.64. The second-order valence-electron chi connectivity index (χ2n) is 4.81. The van der Waals surface area contributed by atoms with Crippen molar-refractivity contribution >= 4 is 11.3 Å². The van der Waals surface area contributed by atoms with Crippen molar-refractivity contribution in [3.8, 4) is 11.3 Å². The highest BCUT2D eigenvalue weighted by atomic mass is 16.6. The molecular formula is C17H22N2O. The molecule has 0 aliphatic rings. The average Bonchev–Trinajstić information content (AvgIpc) is 2.86. The second-order valence-corrected chi connectivity index (χ2v) is 4.81. The van der Waals surface area contributed by atoms with Crippen molar-refractivity contribution in [2.24, 2.45) is 0 Å². The van der Waals surface area contributed by atoms with Crippen LogP contribution < -0.4 is 5.48 Å². The molecule has 0 saturated carbocycles. The van der Waals surface area contributed by atoms with Crippen molar-refractivity contribution < 1.29 is 4.84 Å². The highest BCUT2D eigenvalue weighted by molar-refractivity contribution is 5.73. The molecule has 2 N–H and O–H groups in total. The fourth-order valence-electron chi connectivity index (χ4n) is 2.18. The summed E-state index contributed by atoms with van der Waals surface area (Å²) in [7, 11) is 0. The summed E-state index contributed by atoms with van der Waals surface area (Å²) in [6, 6.07) is 10.4. The minimum atomic E-state index is 0.635. The Morgan fingerprint density at radius 1 is 1.35 bits per heavy atom. The summed E-state index contributed by atoms with van der Waals surface area (Å²) < 4.78 is 0. The van der Waals surface area contributed by atoms with Gasteiger partial charge in [0.05, 0.1) is 12.3 Å². The number of H-pyrrole nitrogens is 1. The predicted octanol–water partition coefficient (Wildman–Crippen LogP) is 4.78. The maximum Gasteiger partial charge on any atom is 0.0717 e. The Morgan fingerprint density at radius 2 is 2.15 bits per heavy atom. The molecule has 0 fully saturated rings. The van der Waals surface area contributed by atoms with E-state index in [0.29, 0.717) is 6.61 Å². The minimum absolute atomic E-state index is 0.635. The first-order chi connectivity index (χ1) is 9.65. The molecule has 1 aromatic heterocycles. The first kappa shape index (κ1) is 14.4. The van der Waals surface area contributed by atoms with Gasteiger partial charge in [-0.1, -0.05) is 18.2 Å². The quantitative estimate of drug-likeness (QED) is 0.767. The molecule has 2 aromatic rings. The van der Waals surface area contributed by atoms with Gasteiger partial charge in [-0.2, -0.15) is 0 Å². The topological polar surface area (TPSA) is 37.0 Å². The lowest BCUT2D eigenvalue weighted by atomic mass is 10.1. The van der Waals surface area contributed by atoms with Gasteiger partial charge in [0, 0.05) is 17.0 Å². The molecule has 0 saturated heterocycles. The number of nitrogens with one attached hydrogen (secondary N) is 2. The third kappa shape index (κ3) is 3.11. The van der Waals surface area contributed by atoms with Crippen molar-refractivity contribution in [1.82, 2.24) is 4.98 Å². The Hall–Kier alpha value is -2.00. The van der Waals surface area contributed by atoms with E-state index >= 15 is 0 Å². The van der Waals surface area contributed by atoms with Crippen LogP contribution in [0, 0.1) is 6.92 Å². The lowest BCUT2D eigenvalue weighted by Crippen LogP contribution is -1.99. The van der Waals surface area contributed by atoms with Gasteiger partial charge in [-0.05, 0) is 57.0 Å². The number of aryl methyl sites for hydroxylation is 1. The standard InChI is InChI=1S/C17H22N2O/c1-5-12(3)16-11-17(18-13(16)4)14-8-7-9-15(10-14)19-20-6-2/h5,7-11,18-19H,6H2,1-4H3/b12-5-. The molecule has 3 heteroatoms. The van der Waals surface area contributed by atoms with E-state index in [-0.39, 0.29) is 0 Å². The lowest BCUT2D eigenvalue weighted by molar-refractivity contribution is 0.210. The zero-order valence-electron chi connectivity index (χ0n) is 12.6. The minimum Gasteiger partial charge on any atom is -0.358 e. The van der Waals surface area contributed by atoms with E-state index in [1.165, 1.54) is 16.8 Å². The van der Waals surface area contributed by atoms with Gasteiger partial charge in [0.1, 0.15) is 0 Å². The molecule has 2 rings (SSSR count). The van der Waals surface area contributed by atoms with Crippen molar-refractivity contribution in [2.75, 3.05) is 12.1 Å². The highest BCUT2D eigenvalue weighted by Gasteiger charge is 2.08. The molecule has 1 aromatic carbocycles. The van der Waals surface area contributed by atoms with Crippen LogP contribution in [0.1, 0.15) is 32.0 Å². The van der Waals surface area contributed by atoms with Crippen LogP contribution in [0.3, 0.4) is 0 Å². The van der Waals surface area contributed by atoms with Gasteiger partial charge in [-0.25, -0.2) is 0 Å². The van der Waals surface area contributed by atoms with E-state index in [0.717, 1.165) is 16.9 Å². The number of aromatic amines is 1.